The number of ketones is 1. The summed E-state index contributed by atoms with van der Waals surface area (Å²) >= 11 is 4.12. The average molecular weight is 181 g/mol. The summed E-state index contributed by atoms with van der Waals surface area (Å²) < 4.78 is 0. The molecule has 0 bridgehead atoms. The van der Waals surface area contributed by atoms with E-state index < -0.39 is 0 Å². The second-order valence-electron chi connectivity index (χ2n) is 2.52. The Morgan fingerprint density at radius 2 is 2.25 bits per heavy atom. The Morgan fingerprint density at radius 1 is 1.58 bits per heavy atom. The van der Waals surface area contributed by atoms with E-state index in [0.29, 0.717) is 22.6 Å². The lowest BCUT2D eigenvalue weighted by Gasteiger charge is -2.04. The Kier molecular flexibility index (Phi) is 2.76. The van der Waals surface area contributed by atoms with Crippen LogP contribution in [-0.2, 0) is 0 Å². The van der Waals surface area contributed by atoms with Gasteiger partial charge in [-0.2, -0.15) is 0 Å². The fraction of sp³-hybridized carbons (Fsp3) is 0.222. The predicted molar refractivity (Wildman–Crippen MR) is 52.7 cm³/mol. The zero-order valence-corrected chi connectivity index (χ0v) is 7.77. The molecular formula is C9H11NOS. The number of carbonyl (C=O) groups excluding carboxylic acids is 1. The van der Waals surface area contributed by atoms with Gasteiger partial charge in [0.2, 0.25) is 0 Å². The molecule has 1 rings (SSSR count). The molecule has 0 amide bonds. The first kappa shape index (κ1) is 9.13. The van der Waals surface area contributed by atoms with Crippen LogP contribution in [0, 0.1) is 0 Å². The maximum Gasteiger partial charge on any atom is 0.164 e. The topological polar surface area (TPSA) is 43.1 Å². The zero-order valence-electron chi connectivity index (χ0n) is 6.87. The first-order chi connectivity index (χ1) is 5.66. The van der Waals surface area contributed by atoms with Crippen molar-refractivity contribution in [3.63, 3.8) is 0 Å². The summed E-state index contributed by atoms with van der Waals surface area (Å²) in [7, 11) is 0. The highest BCUT2D eigenvalue weighted by Crippen LogP contribution is 2.21. The molecule has 2 N–H and O–H groups in total. The van der Waals surface area contributed by atoms with Crippen molar-refractivity contribution in [2.45, 2.75) is 18.2 Å². The summed E-state index contributed by atoms with van der Waals surface area (Å²) in [5.41, 5.74) is 6.72. The normalized spacial score (nSPS) is 9.83. The van der Waals surface area contributed by atoms with Gasteiger partial charge in [-0.05, 0) is 12.1 Å². The first-order valence-corrected chi connectivity index (χ1v) is 4.22. The van der Waals surface area contributed by atoms with E-state index in [1.165, 1.54) is 0 Å². The molecule has 0 radical (unpaired) electrons. The quantitative estimate of drug-likeness (QED) is 0.417. The van der Waals surface area contributed by atoms with Crippen LogP contribution in [0.1, 0.15) is 23.7 Å². The van der Waals surface area contributed by atoms with E-state index in [4.69, 9.17) is 5.73 Å². The smallest absolute Gasteiger partial charge is 0.164 e. The van der Waals surface area contributed by atoms with Crippen LogP contribution in [-0.4, -0.2) is 5.78 Å². The SMILES string of the molecule is CCC(=O)c1cccc(S)c1N. The second kappa shape index (κ2) is 3.63. The van der Waals surface area contributed by atoms with Crippen molar-refractivity contribution in [3.05, 3.63) is 23.8 Å². The molecular weight excluding hydrogens is 170 g/mol. The molecule has 0 saturated carbocycles. The number of thiol groups is 1. The number of hydrogen-bond donors (Lipinski definition) is 2. The van der Waals surface area contributed by atoms with E-state index in [-0.39, 0.29) is 5.78 Å². The largest absolute Gasteiger partial charge is 0.397 e. The fourth-order valence-corrected chi connectivity index (χ4v) is 1.19. The molecule has 0 aliphatic rings. The van der Waals surface area contributed by atoms with Crippen LogP contribution in [0.3, 0.4) is 0 Å². The molecule has 1 aromatic carbocycles. The molecule has 0 aliphatic heterocycles. The highest BCUT2D eigenvalue weighted by molar-refractivity contribution is 7.80. The lowest BCUT2D eigenvalue weighted by molar-refractivity contribution is 0.0989. The van der Waals surface area contributed by atoms with Crippen molar-refractivity contribution >= 4 is 24.1 Å². The van der Waals surface area contributed by atoms with Gasteiger partial charge in [-0.25, -0.2) is 0 Å². The number of nitrogens with two attached hydrogens (primary N) is 1. The molecule has 3 heteroatoms. The van der Waals surface area contributed by atoms with Crippen LogP contribution in [0.15, 0.2) is 23.1 Å². The third-order valence-electron chi connectivity index (χ3n) is 1.70. The number of nitrogen functional groups attached to an aromatic ring is 1. The van der Waals surface area contributed by atoms with E-state index in [1.807, 2.05) is 6.92 Å². The summed E-state index contributed by atoms with van der Waals surface area (Å²) in [6.45, 7) is 1.81. The van der Waals surface area contributed by atoms with Gasteiger partial charge in [0, 0.05) is 16.9 Å². The Bertz CT molecular complexity index is 309. The van der Waals surface area contributed by atoms with Gasteiger partial charge in [0.1, 0.15) is 0 Å². The van der Waals surface area contributed by atoms with Crippen molar-refractivity contribution in [1.29, 1.82) is 0 Å². The molecule has 0 aliphatic carbocycles. The molecule has 0 saturated heterocycles. The minimum atomic E-state index is 0.0587. The number of para-hydroxylation sites is 1. The lowest BCUT2D eigenvalue weighted by atomic mass is 10.1. The molecule has 1 aromatic rings. The standard InChI is InChI=1S/C9H11NOS/c1-2-7(11)6-4-3-5-8(12)9(6)10/h3-5,12H,2,10H2,1H3. The minimum absolute atomic E-state index is 0.0587. The van der Waals surface area contributed by atoms with Crippen LogP contribution in [0.5, 0.6) is 0 Å². The number of benzene rings is 1. The Hall–Kier alpha value is -0.960. The third kappa shape index (κ3) is 1.61. The molecule has 0 heterocycles. The fourth-order valence-electron chi connectivity index (χ4n) is 0.987. The zero-order chi connectivity index (χ0) is 9.14. The molecule has 0 aromatic heterocycles. The van der Waals surface area contributed by atoms with Crippen molar-refractivity contribution in [2.75, 3.05) is 5.73 Å². The Labute approximate surface area is 77.2 Å². The van der Waals surface area contributed by atoms with Crippen LogP contribution < -0.4 is 5.73 Å². The number of hydrogen-bond acceptors (Lipinski definition) is 3. The van der Waals surface area contributed by atoms with Gasteiger partial charge in [-0.1, -0.05) is 13.0 Å². The number of Topliss-reactive ketones (excluding diaryl/α,β-unsaturated/α-hetero) is 1. The van der Waals surface area contributed by atoms with Crippen LogP contribution in [0.4, 0.5) is 5.69 Å². The summed E-state index contributed by atoms with van der Waals surface area (Å²) in [5, 5.41) is 0. The minimum Gasteiger partial charge on any atom is -0.397 e. The van der Waals surface area contributed by atoms with Crippen molar-refractivity contribution in [1.82, 2.24) is 0 Å². The summed E-state index contributed by atoms with van der Waals surface area (Å²) in [4.78, 5) is 11.9. The number of anilines is 1. The van der Waals surface area contributed by atoms with E-state index in [9.17, 15) is 4.79 Å². The van der Waals surface area contributed by atoms with Crippen molar-refractivity contribution in [2.24, 2.45) is 0 Å². The third-order valence-corrected chi connectivity index (χ3v) is 2.09. The summed E-state index contributed by atoms with van der Waals surface area (Å²) in [5.74, 6) is 0.0587. The summed E-state index contributed by atoms with van der Waals surface area (Å²) in [6.07, 6.45) is 0.474. The summed E-state index contributed by atoms with van der Waals surface area (Å²) in [6, 6.07) is 5.27. The van der Waals surface area contributed by atoms with Crippen LogP contribution in [0.2, 0.25) is 0 Å². The highest BCUT2D eigenvalue weighted by Gasteiger charge is 2.08. The number of carbonyl (C=O) groups is 1. The number of rotatable bonds is 2. The maximum atomic E-state index is 11.3. The molecule has 0 atom stereocenters. The van der Waals surface area contributed by atoms with Crippen molar-refractivity contribution < 1.29 is 4.79 Å². The second-order valence-corrected chi connectivity index (χ2v) is 3.00. The molecule has 0 unspecified atom stereocenters. The van der Waals surface area contributed by atoms with Gasteiger partial charge < -0.3 is 5.73 Å². The highest BCUT2D eigenvalue weighted by atomic mass is 32.1. The Morgan fingerprint density at radius 3 is 2.83 bits per heavy atom. The van der Waals surface area contributed by atoms with E-state index in [2.05, 4.69) is 12.6 Å². The van der Waals surface area contributed by atoms with E-state index in [0.717, 1.165) is 0 Å². The molecule has 64 valence electrons. The van der Waals surface area contributed by atoms with Crippen molar-refractivity contribution in [3.8, 4) is 0 Å². The van der Waals surface area contributed by atoms with Crippen LogP contribution in [0.25, 0.3) is 0 Å². The van der Waals surface area contributed by atoms with Gasteiger partial charge >= 0.3 is 0 Å². The first-order valence-electron chi connectivity index (χ1n) is 3.77. The van der Waals surface area contributed by atoms with Gasteiger partial charge in [0.25, 0.3) is 0 Å². The monoisotopic (exact) mass is 181 g/mol. The molecule has 0 fully saturated rings. The van der Waals surface area contributed by atoms with Gasteiger partial charge in [0.15, 0.2) is 5.78 Å². The molecule has 12 heavy (non-hydrogen) atoms. The van der Waals surface area contributed by atoms with E-state index in [1.54, 1.807) is 18.2 Å². The Balaban J connectivity index is 3.16. The van der Waals surface area contributed by atoms with Gasteiger partial charge in [0.05, 0.1) is 5.69 Å². The van der Waals surface area contributed by atoms with Crippen LogP contribution >= 0.6 is 12.6 Å². The molecule has 2 nitrogen and oxygen atoms in total. The average Bonchev–Trinajstić information content (AvgIpc) is 2.08. The van der Waals surface area contributed by atoms with E-state index >= 15 is 0 Å². The van der Waals surface area contributed by atoms with Gasteiger partial charge in [-0.15, -0.1) is 12.6 Å². The lowest BCUT2D eigenvalue weighted by Crippen LogP contribution is -2.02. The maximum absolute atomic E-state index is 11.3. The predicted octanol–water partition coefficient (Wildman–Crippen LogP) is 2.15. The molecule has 0 spiro atoms. The van der Waals surface area contributed by atoms with Gasteiger partial charge in [-0.3, -0.25) is 4.79 Å².